The number of nitrogens with one attached hydrogen (secondary N) is 1. The van der Waals surface area contributed by atoms with Gasteiger partial charge in [0, 0.05) is 12.3 Å². The highest BCUT2D eigenvalue weighted by Gasteiger charge is 2.18. The Morgan fingerprint density at radius 3 is 2.81 bits per heavy atom. The first-order valence-corrected chi connectivity index (χ1v) is 6.12. The molecular weight excluding hydrogens is 198 g/mol. The molecule has 0 spiro atoms. The van der Waals surface area contributed by atoms with E-state index in [9.17, 15) is 0 Å². The molecule has 88 valence electrons. The van der Waals surface area contributed by atoms with Crippen LogP contribution in [-0.4, -0.2) is 19.3 Å². The Labute approximate surface area is 98.0 Å². The van der Waals surface area contributed by atoms with Crippen LogP contribution in [0, 0.1) is 6.92 Å². The maximum absolute atomic E-state index is 5.41. The lowest BCUT2D eigenvalue weighted by Crippen LogP contribution is -2.20. The Kier molecular flexibility index (Phi) is 3.49. The van der Waals surface area contributed by atoms with E-state index in [1.165, 1.54) is 16.8 Å². The molecule has 1 fully saturated rings. The fourth-order valence-corrected chi connectivity index (χ4v) is 2.22. The summed E-state index contributed by atoms with van der Waals surface area (Å²) < 4.78 is 5.41. The van der Waals surface area contributed by atoms with Crippen molar-refractivity contribution in [3.05, 3.63) is 29.3 Å². The molecule has 1 aromatic carbocycles. The lowest BCUT2D eigenvalue weighted by atomic mass is 9.97. The van der Waals surface area contributed by atoms with Crippen molar-refractivity contribution in [2.75, 3.05) is 18.5 Å². The van der Waals surface area contributed by atoms with Gasteiger partial charge in [-0.2, -0.15) is 0 Å². The molecule has 0 amide bonds. The van der Waals surface area contributed by atoms with Crippen LogP contribution in [0.2, 0.25) is 0 Å². The fraction of sp³-hybridized carbons (Fsp3) is 0.571. The molecule has 1 aromatic rings. The predicted octanol–water partition coefficient (Wildman–Crippen LogP) is 3.32. The molecular formula is C14H21NO. The number of anilines is 1. The van der Waals surface area contributed by atoms with Crippen molar-refractivity contribution in [3.63, 3.8) is 0 Å². The number of para-hydroxylation sites is 1. The second-order valence-electron chi connectivity index (χ2n) is 4.90. The molecule has 1 aliphatic heterocycles. The summed E-state index contributed by atoms with van der Waals surface area (Å²) in [4.78, 5) is 0. The third kappa shape index (κ3) is 2.38. The lowest BCUT2D eigenvalue weighted by molar-refractivity contribution is 0.195. The molecule has 2 rings (SSSR count). The first kappa shape index (κ1) is 11.5. The molecule has 1 heterocycles. The van der Waals surface area contributed by atoms with Crippen molar-refractivity contribution in [3.8, 4) is 0 Å². The van der Waals surface area contributed by atoms with Crippen LogP contribution in [0.25, 0.3) is 0 Å². The van der Waals surface area contributed by atoms with Gasteiger partial charge in [0.05, 0.1) is 12.6 Å². The molecule has 1 unspecified atom stereocenters. The second-order valence-corrected chi connectivity index (χ2v) is 4.90. The van der Waals surface area contributed by atoms with Gasteiger partial charge in [-0.3, -0.25) is 0 Å². The van der Waals surface area contributed by atoms with Gasteiger partial charge in [0.1, 0.15) is 0 Å². The molecule has 2 heteroatoms. The van der Waals surface area contributed by atoms with Gasteiger partial charge in [0.25, 0.3) is 0 Å². The molecule has 0 radical (unpaired) electrons. The second kappa shape index (κ2) is 4.88. The van der Waals surface area contributed by atoms with E-state index in [4.69, 9.17) is 4.74 Å². The number of ether oxygens (including phenoxy) is 1. The van der Waals surface area contributed by atoms with Crippen LogP contribution in [0.3, 0.4) is 0 Å². The van der Waals surface area contributed by atoms with Crippen molar-refractivity contribution in [2.24, 2.45) is 0 Å². The summed E-state index contributed by atoms with van der Waals surface area (Å²) in [6, 6.07) is 7.01. The van der Waals surface area contributed by atoms with E-state index in [1.807, 2.05) is 0 Å². The zero-order valence-electron chi connectivity index (χ0n) is 10.4. The zero-order valence-corrected chi connectivity index (χ0v) is 10.4. The minimum absolute atomic E-state index is 0.485. The highest BCUT2D eigenvalue weighted by molar-refractivity contribution is 5.59. The van der Waals surface area contributed by atoms with E-state index >= 15 is 0 Å². The summed E-state index contributed by atoms with van der Waals surface area (Å²) in [6.07, 6.45) is 1.12. The highest BCUT2D eigenvalue weighted by Crippen LogP contribution is 2.28. The van der Waals surface area contributed by atoms with Crippen molar-refractivity contribution in [2.45, 2.75) is 39.2 Å². The number of aryl methyl sites for hydroxylation is 1. The van der Waals surface area contributed by atoms with Gasteiger partial charge >= 0.3 is 0 Å². The maximum Gasteiger partial charge on any atom is 0.0668 e. The largest absolute Gasteiger partial charge is 0.379 e. The Morgan fingerprint density at radius 2 is 2.19 bits per heavy atom. The normalized spacial score (nSPS) is 20.4. The standard InChI is InChI=1S/C14H21NO/c1-10(2)13-6-4-5-11(3)14(13)15-12-7-8-16-9-12/h4-6,10,12,15H,7-9H2,1-3H3. The smallest absolute Gasteiger partial charge is 0.0668 e. The first-order valence-electron chi connectivity index (χ1n) is 6.12. The van der Waals surface area contributed by atoms with E-state index < -0.39 is 0 Å². The predicted molar refractivity (Wildman–Crippen MR) is 68.1 cm³/mol. The quantitative estimate of drug-likeness (QED) is 0.842. The lowest BCUT2D eigenvalue weighted by Gasteiger charge is -2.20. The molecule has 1 aliphatic rings. The van der Waals surface area contributed by atoms with Crippen molar-refractivity contribution in [1.82, 2.24) is 0 Å². The van der Waals surface area contributed by atoms with Gasteiger partial charge in [-0.15, -0.1) is 0 Å². The maximum atomic E-state index is 5.41. The van der Waals surface area contributed by atoms with Crippen LogP contribution in [-0.2, 0) is 4.74 Å². The van der Waals surface area contributed by atoms with Crippen LogP contribution >= 0.6 is 0 Å². The fourth-order valence-electron chi connectivity index (χ4n) is 2.22. The van der Waals surface area contributed by atoms with Crippen LogP contribution in [0.15, 0.2) is 18.2 Å². The average molecular weight is 219 g/mol. The topological polar surface area (TPSA) is 21.3 Å². The minimum Gasteiger partial charge on any atom is -0.379 e. The third-order valence-corrected chi connectivity index (χ3v) is 3.21. The van der Waals surface area contributed by atoms with E-state index in [0.717, 1.165) is 19.6 Å². The van der Waals surface area contributed by atoms with Crippen molar-refractivity contribution < 1.29 is 4.74 Å². The van der Waals surface area contributed by atoms with Crippen molar-refractivity contribution in [1.29, 1.82) is 0 Å². The van der Waals surface area contributed by atoms with Gasteiger partial charge in [0.2, 0.25) is 0 Å². The summed E-state index contributed by atoms with van der Waals surface area (Å²) in [5.74, 6) is 0.560. The number of rotatable bonds is 3. The Morgan fingerprint density at radius 1 is 1.38 bits per heavy atom. The summed E-state index contributed by atoms with van der Waals surface area (Å²) in [6.45, 7) is 8.38. The number of hydrogen-bond donors (Lipinski definition) is 1. The molecule has 0 aromatic heterocycles. The summed E-state index contributed by atoms with van der Waals surface area (Å²) in [5, 5.41) is 3.63. The van der Waals surface area contributed by atoms with Crippen LogP contribution < -0.4 is 5.32 Å². The number of benzene rings is 1. The Balaban J connectivity index is 2.23. The van der Waals surface area contributed by atoms with Gasteiger partial charge in [-0.25, -0.2) is 0 Å². The molecule has 2 nitrogen and oxygen atoms in total. The zero-order chi connectivity index (χ0) is 11.5. The van der Waals surface area contributed by atoms with Gasteiger partial charge in [-0.1, -0.05) is 32.0 Å². The van der Waals surface area contributed by atoms with E-state index in [1.54, 1.807) is 0 Å². The summed E-state index contributed by atoms with van der Waals surface area (Å²) >= 11 is 0. The van der Waals surface area contributed by atoms with Crippen LogP contribution in [0.4, 0.5) is 5.69 Å². The highest BCUT2D eigenvalue weighted by atomic mass is 16.5. The molecule has 16 heavy (non-hydrogen) atoms. The molecule has 1 N–H and O–H groups in total. The number of hydrogen-bond acceptors (Lipinski definition) is 2. The monoisotopic (exact) mass is 219 g/mol. The summed E-state index contributed by atoms with van der Waals surface area (Å²) in [7, 11) is 0. The van der Waals surface area contributed by atoms with Gasteiger partial charge < -0.3 is 10.1 Å². The van der Waals surface area contributed by atoms with Crippen LogP contribution in [0.5, 0.6) is 0 Å². The SMILES string of the molecule is Cc1cccc(C(C)C)c1NC1CCOC1. The Bertz CT molecular complexity index is 354. The first-order chi connectivity index (χ1) is 7.68. The molecule has 1 saturated heterocycles. The van der Waals surface area contributed by atoms with Gasteiger partial charge in [0.15, 0.2) is 0 Å². The third-order valence-electron chi connectivity index (χ3n) is 3.21. The average Bonchev–Trinajstić information content (AvgIpc) is 2.73. The van der Waals surface area contributed by atoms with E-state index in [0.29, 0.717) is 12.0 Å². The Hall–Kier alpha value is -1.02. The molecule has 0 aliphatic carbocycles. The molecule has 0 saturated carbocycles. The van der Waals surface area contributed by atoms with Crippen molar-refractivity contribution >= 4 is 5.69 Å². The van der Waals surface area contributed by atoms with E-state index in [2.05, 4.69) is 44.3 Å². The van der Waals surface area contributed by atoms with Gasteiger partial charge in [-0.05, 0) is 30.4 Å². The molecule has 1 atom stereocenters. The van der Waals surface area contributed by atoms with E-state index in [-0.39, 0.29) is 0 Å². The molecule has 0 bridgehead atoms. The summed E-state index contributed by atoms with van der Waals surface area (Å²) in [5.41, 5.74) is 4.05. The minimum atomic E-state index is 0.485. The van der Waals surface area contributed by atoms with Crippen LogP contribution in [0.1, 0.15) is 37.3 Å².